The van der Waals surface area contributed by atoms with Gasteiger partial charge in [0.1, 0.15) is 0 Å². The Balaban J connectivity index is 3.04. The van der Waals surface area contributed by atoms with Crippen LogP contribution >= 0.6 is 0 Å². The van der Waals surface area contributed by atoms with Crippen LogP contribution in [0, 0.1) is 18.8 Å². The number of aliphatic hydroxyl groups is 1. The van der Waals surface area contributed by atoms with Crippen LogP contribution in [0.15, 0.2) is 18.2 Å². The Morgan fingerprint density at radius 1 is 1.43 bits per heavy atom. The first-order valence-electron chi connectivity index (χ1n) is 5.97. The van der Waals surface area contributed by atoms with Crippen LogP contribution in [0.2, 0.25) is 0 Å². The van der Waals surface area contributed by atoms with Crippen LogP contribution in [-0.4, -0.2) is 33.3 Å². The van der Waals surface area contributed by atoms with Crippen molar-refractivity contribution in [3.05, 3.63) is 29.3 Å². The fraction of sp³-hybridized carbons (Fsp3) is 0.308. The first kappa shape index (κ1) is 16.8. The molecule has 0 fully saturated rings. The van der Waals surface area contributed by atoms with Gasteiger partial charge in [-0.3, -0.25) is 4.72 Å². The van der Waals surface area contributed by atoms with E-state index in [0.717, 1.165) is 12.7 Å². The van der Waals surface area contributed by atoms with Crippen LogP contribution in [0.25, 0.3) is 0 Å². The van der Waals surface area contributed by atoms with Gasteiger partial charge in [-0.1, -0.05) is 17.9 Å². The zero-order valence-corrected chi connectivity index (χ0v) is 12.5. The molecular weight excluding hydrogens is 296 g/mol. The Kier molecular flexibility index (Phi) is 6.02. The molecule has 21 heavy (non-hydrogen) atoms. The summed E-state index contributed by atoms with van der Waals surface area (Å²) < 4.78 is 31.6. The molecular formula is C13H16N2O5S. The topological polar surface area (TPSA) is 105 Å². The van der Waals surface area contributed by atoms with E-state index in [1.165, 1.54) is 0 Å². The fourth-order valence-corrected chi connectivity index (χ4v) is 2.20. The number of aliphatic hydroxyl groups excluding tert-OH is 1. The number of amides is 1. The van der Waals surface area contributed by atoms with E-state index in [1.54, 1.807) is 29.8 Å². The predicted octanol–water partition coefficient (Wildman–Crippen LogP) is 0.742. The molecule has 1 rings (SSSR count). The van der Waals surface area contributed by atoms with Crippen LogP contribution < -0.4 is 9.44 Å². The number of ether oxygens (including phenoxy) is 1. The lowest BCUT2D eigenvalue weighted by Gasteiger charge is -2.11. The summed E-state index contributed by atoms with van der Waals surface area (Å²) in [6.07, 6.45) is -0.816. The Hall–Kier alpha value is -2.24. The van der Waals surface area contributed by atoms with Gasteiger partial charge in [0.15, 0.2) is 0 Å². The summed E-state index contributed by atoms with van der Waals surface area (Å²) >= 11 is 0. The highest BCUT2D eigenvalue weighted by Crippen LogP contribution is 2.17. The second kappa shape index (κ2) is 7.52. The standard InChI is InChI=1S/C13H16N2O5S/c1-10-6-7-11(5-3-4-8-16)12(9-10)14-21(18,19)15-13(17)20-2/h6-7,9,14,16H,4,8H2,1-2H3,(H,15,17). The van der Waals surface area contributed by atoms with Crippen LogP contribution in [0.3, 0.4) is 0 Å². The number of carbonyl (C=O) groups excluding carboxylic acids is 1. The minimum Gasteiger partial charge on any atom is -0.452 e. The molecule has 1 amide bonds. The molecule has 0 bridgehead atoms. The van der Waals surface area contributed by atoms with Crippen molar-refractivity contribution in [2.75, 3.05) is 18.4 Å². The molecule has 1 aromatic rings. The molecule has 0 radical (unpaired) electrons. The summed E-state index contributed by atoms with van der Waals surface area (Å²) in [5.41, 5.74) is 1.49. The number of methoxy groups -OCH3 is 1. The van der Waals surface area contributed by atoms with Crippen molar-refractivity contribution in [1.29, 1.82) is 0 Å². The third-order valence-electron chi connectivity index (χ3n) is 2.28. The van der Waals surface area contributed by atoms with Gasteiger partial charge in [0.05, 0.1) is 19.4 Å². The van der Waals surface area contributed by atoms with Gasteiger partial charge in [0.2, 0.25) is 0 Å². The van der Waals surface area contributed by atoms with Crippen LogP contribution in [0.5, 0.6) is 0 Å². The zero-order chi connectivity index (χ0) is 15.9. The molecule has 114 valence electrons. The summed E-state index contributed by atoms with van der Waals surface area (Å²) in [7, 11) is -3.05. The average molecular weight is 312 g/mol. The monoisotopic (exact) mass is 312 g/mol. The quantitative estimate of drug-likeness (QED) is 0.711. The van der Waals surface area contributed by atoms with E-state index in [9.17, 15) is 13.2 Å². The summed E-state index contributed by atoms with van der Waals surface area (Å²) in [6, 6.07) is 5.00. The molecule has 0 spiro atoms. The van der Waals surface area contributed by atoms with Gasteiger partial charge in [-0.25, -0.2) is 9.52 Å². The molecule has 0 atom stereocenters. The van der Waals surface area contributed by atoms with Gasteiger partial charge in [-0.05, 0) is 24.6 Å². The van der Waals surface area contributed by atoms with Gasteiger partial charge >= 0.3 is 16.3 Å². The lowest BCUT2D eigenvalue weighted by molar-refractivity contribution is 0.177. The van der Waals surface area contributed by atoms with Crippen molar-refractivity contribution in [2.24, 2.45) is 0 Å². The molecule has 0 aliphatic rings. The maximum absolute atomic E-state index is 11.8. The molecule has 0 heterocycles. The number of rotatable bonds is 4. The van der Waals surface area contributed by atoms with E-state index >= 15 is 0 Å². The second-order valence-electron chi connectivity index (χ2n) is 4.02. The molecule has 0 aromatic heterocycles. The van der Waals surface area contributed by atoms with E-state index in [-0.39, 0.29) is 18.7 Å². The van der Waals surface area contributed by atoms with Crippen molar-refractivity contribution >= 4 is 22.0 Å². The minimum atomic E-state index is -4.11. The first-order valence-corrected chi connectivity index (χ1v) is 7.45. The number of hydrogen-bond acceptors (Lipinski definition) is 5. The van der Waals surface area contributed by atoms with Crippen molar-refractivity contribution in [3.8, 4) is 11.8 Å². The van der Waals surface area contributed by atoms with E-state index in [1.807, 2.05) is 0 Å². The van der Waals surface area contributed by atoms with E-state index in [0.29, 0.717) is 5.56 Å². The molecule has 0 saturated carbocycles. The number of benzene rings is 1. The number of anilines is 1. The lowest BCUT2D eigenvalue weighted by Crippen LogP contribution is -2.35. The van der Waals surface area contributed by atoms with Crippen LogP contribution in [0.4, 0.5) is 10.5 Å². The summed E-state index contributed by atoms with van der Waals surface area (Å²) in [6.45, 7) is 1.71. The summed E-state index contributed by atoms with van der Waals surface area (Å²) in [5.74, 6) is 5.45. The normalized spacial score (nSPS) is 10.2. The average Bonchev–Trinajstić information content (AvgIpc) is 2.40. The highest BCUT2D eigenvalue weighted by Gasteiger charge is 2.16. The summed E-state index contributed by atoms with van der Waals surface area (Å²) in [5, 5.41) is 8.70. The van der Waals surface area contributed by atoms with Crippen LogP contribution in [0.1, 0.15) is 17.5 Å². The molecule has 0 saturated heterocycles. The number of aryl methyl sites for hydroxylation is 1. The molecule has 0 aliphatic heterocycles. The molecule has 0 unspecified atom stereocenters. The van der Waals surface area contributed by atoms with E-state index in [2.05, 4.69) is 21.3 Å². The highest BCUT2D eigenvalue weighted by atomic mass is 32.2. The predicted molar refractivity (Wildman–Crippen MR) is 77.8 cm³/mol. The fourth-order valence-electron chi connectivity index (χ4n) is 1.39. The highest BCUT2D eigenvalue weighted by molar-refractivity contribution is 7.91. The Morgan fingerprint density at radius 3 is 2.76 bits per heavy atom. The largest absolute Gasteiger partial charge is 0.452 e. The zero-order valence-electron chi connectivity index (χ0n) is 11.6. The van der Waals surface area contributed by atoms with Crippen LogP contribution in [-0.2, 0) is 14.9 Å². The van der Waals surface area contributed by atoms with Gasteiger partial charge in [-0.15, -0.1) is 0 Å². The van der Waals surface area contributed by atoms with Crippen molar-refractivity contribution in [2.45, 2.75) is 13.3 Å². The third kappa shape index (κ3) is 5.72. The SMILES string of the molecule is COC(=O)NS(=O)(=O)Nc1cc(C)ccc1C#CCCO. The number of hydrogen-bond donors (Lipinski definition) is 3. The molecule has 3 N–H and O–H groups in total. The van der Waals surface area contributed by atoms with E-state index < -0.39 is 16.3 Å². The van der Waals surface area contributed by atoms with Crippen molar-refractivity contribution in [1.82, 2.24) is 4.72 Å². The van der Waals surface area contributed by atoms with E-state index in [4.69, 9.17) is 5.11 Å². The maximum atomic E-state index is 11.8. The van der Waals surface area contributed by atoms with Crippen molar-refractivity contribution < 1.29 is 23.1 Å². The smallest absolute Gasteiger partial charge is 0.422 e. The lowest BCUT2D eigenvalue weighted by atomic mass is 10.1. The van der Waals surface area contributed by atoms with Gasteiger partial charge in [0.25, 0.3) is 0 Å². The number of nitrogens with one attached hydrogen (secondary N) is 2. The minimum absolute atomic E-state index is 0.0795. The molecule has 0 aliphatic carbocycles. The van der Waals surface area contributed by atoms with Gasteiger partial charge in [-0.2, -0.15) is 8.42 Å². The molecule has 7 nitrogen and oxygen atoms in total. The van der Waals surface area contributed by atoms with Gasteiger partial charge in [0, 0.05) is 12.0 Å². The Labute approximate surface area is 123 Å². The first-order chi connectivity index (χ1) is 9.88. The van der Waals surface area contributed by atoms with Crippen molar-refractivity contribution in [3.63, 3.8) is 0 Å². The Morgan fingerprint density at radius 2 is 2.14 bits per heavy atom. The maximum Gasteiger partial charge on any atom is 0.422 e. The van der Waals surface area contributed by atoms with Gasteiger partial charge < -0.3 is 9.84 Å². The number of carbonyl (C=O) groups is 1. The molecule has 1 aromatic carbocycles. The second-order valence-corrected chi connectivity index (χ2v) is 5.44. The molecule has 8 heteroatoms. The Bertz CT molecular complexity index is 674. The summed E-state index contributed by atoms with van der Waals surface area (Å²) in [4.78, 5) is 11.0. The third-order valence-corrected chi connectivity index (χ3v) is 3.21.